The van der Waals surface area contributed by atoms with Gasteiger partial charge in [-0.3, -0.25) is 0 Å². The summed E-state index contributed by atoms with van der Waals surface area (Å²) in [5.41, 5.74) is 0. The minimum atomic E-state index is -2.92. The van der Waals surface area contributed by atoms with Crippen molar-refractivity contribution in [1.82, 2.24) is 5.32 Å². The zero-order valence-electron chi connectivity index (χ0n) is 10.0. The molecule has 0 aromatic rings. The van der Waals surface area contributed by atoms with Crippen molar-refractivity contribution in [3.8, 4) is 0 Å². The van der Waals surface area contributed by atoms with E-state index in [0.717, 1.165) is 5.92 Å². The Morgan fingerprint density at radius 1 is 1.25 bits per heavy atom. The van der Waals surface area contributed by atoms with Gasteiger partial charge >= 0.3 is 0 Å². The van der Waals surface area contributed by atoms with Gasteiger partial charge in [-0.2, -0.15) is 0 Å². The molecule has 92 valence electrons. The number of sulfone groups is 1. The number of hydrogen-bond donors (Lipinski definition) is 1. The molecule has 0 bridgehead atoms. The summed E-state index contributed by atoms with van der Waals surface area (Å²) in [4.78, 5) is 0. The van der Waals surface area contributed by atoms with E-state index in [1.54, 1.807) is 6.08 Å². The zero-order valence-corrected chi connectivity index (χ0v) is 10.8. The molecule has 0 spiro atoms. The van der Waals surface area contributed by atoms with Crippen molar-refractivity contribution in [3.63, 3.8) is 0 Å². The predicted molar refractivity (Wildman–Crippen MR) is 65.8 cm³/mol. The van der Waals surface area contributed by atoms with Gasteiger partial charge in [-0.15, -0.1) is 0 Å². The van der Waals surface area contributed by atoms with Crippen LogP contribution in [0.25, 0.3) is 0 Å². The SMILES string of the molecule is CC1CCC(C)C(NC2C=CS(=O)(=O)C2)C1. The maximum atomic E-state index is 11.3. The second-order valence-corrected chi connectivity index (χ2v) is 7.36. The molecule has 3 nitrogen and oxygen atoms in total. The van der Waals surface area contributed by atoms with Gasteiger partial charge in [-0.25, -0.2) is 8.42 Å². The second-order valence-electron chi connectivity index (χ2n) is 5.43. The summed E-state index contributed by atoms with van der Waals surface area (Å²) in [6.07, 6.45) is 5.52. The van der Waals surface area contributed by atoms with E-state index in [-0.39, 0.29) is 11.8 Å². The van der Waals surface area contributed by atoms with E-state index in [4.69, 9.17) is 0 Å². The predicted octanol–water partition coefficient (Wildman–Crippen LogP) is 1.71. The van der Waals surface area contributed by atoms with Crippen molar-refractivity contribution < 1.29 is 8.42 Å². The van der Waals surface area contributed by atoms with Crippen LogP contribution < -0.4 is 5.32 Å². The van der Waals surface area contributed by atoms with Crippen molar-refractivity contribution in [2.24, 2.45) is 11.8 Å². The highest BCUT2D eigenvalue weighted by Gasteiger charge is 2.29. The van der Waals surface area contributed by atoms with E-state index in [1.807, 2.05) is 0 Å². The Hall–Kier alpha value is -0.350. The lowest BCUT2D eigenvalue weighted by Crippen LogP contribution is -2.45. The largest absolute Gasteiger partial charge is 0.306 e. The Morgan fingerprint density at radius 2 is 2.00 bits per heavy atom. The highest BCUT2D eigenvalue weighted by atomic mass is 32.2. The molecule has 4 atom stereocenters. The third-order valence-electron chi connectivity index (χ3n) is 3.82. The topological polar surface area (TPSA) is 46.2 Å². The summed E-state index contributed by atoms with van der Waals surface area (Å²) in [7, 11) is -2.92. The first-order valence-corrected chi connectivity index (χ1v) is 7.85. The van der Waals surface area contributed by atoms with E-state index >= 15 is 0 Å². The van der Waals surface area contributed by atoms with Crippen molar-refractivity contribution >= 4 is 9.84 Å². The Bertz CT molecular complexity index is 374. The molecule has 1 aliphatic heterocycles. The van der Waals surface area contributed by atoms with Gasteiger partial charge in [0, 0.05) is 17.5 Å². The highest BCUT2D eigenvalue weighted by molar-refractivity contribution is 7.94. The first-order valence-electron chi connectivity index (χ1n) is 6.13. The number of rotatable bonds is 2. The summed E-state index contributed by atoms with van der Waals surface area (Å²) in [5, 5.41) is 4.84. The fraction of sp³-hybridized carbons (Fsp3) is 0.833. The Kier molecular flexibility index (Phi) is 3.40. The number of hydrogen-bond acceptors (Lipinski definition) is 3. The van der Waals surface area contributed by atoms with Gasteiger partial charge in [0.1, 0.15) is 0 Å². The van der Waals surface area contributed by atoms with Gasteiger partial charge in [0.2, 0.25) is 0 Å². The third kappa shape index (κ3) is 2.86. The van der Waals surface area contributed by atoms with Crippen LogP contribution in [0.15, 0.2) is 11.5 Å². The Balaban J connectivity index is 1.92. The minimum Gasteiger partial charge on any atom is -0.306 e. The molecule has 1 N–H and O–H groups in total. The van der Waals surface area contributed by atoms with Crippen molar-refractivity contribution in [2.45, 2.75) is 45.2 Å². The molecule has 0 amide bonds. The average molecular weight is 243 g/mol. The van der Waals surface area contributed by atoms with Crippen LogP contribution in [0.3, 0.4) is 0 Å². The molecule has 4 heteroatoms. The lowest BCUT2D eigenvalue weighted by molar-refractivity contribution is 0.223. The first-order chi connectivity index (χ1) is 7.46. The average Bonchev–Trinajstić information content (AvgIpc) is 2.52. The van der Waals surface area contributed by atoms with Gasteiger partial charge in [-0.1, -0.05) is 26.3 Å². The molecule has 2 aliphatic rings. The van der Waals surface area contributed by atoms with Crippen LogP contribution in [-0.4, -0.2) is 26.3 Å². The lowest BCUT2D eigenvalue weighted by atomic mass is 9.80. The molecular weight excluding hydrogens is 222 g/mol. The van der Waals surface area contributed by atoms with Crippen LogP contribution in [0.5, 0.6) is 0 Å². The fourth-order valence-electron chi connectivity index (χ4n) is 2.72. The summed E-state index contributed by atoms with van der Waals surface area (Å²) in [6, 6.07) is 0.509. The van der Waals surface area contributed by atoms with Gasteiger partial charge in [0.15, 0.2) is 9.84 Å². The highest BCUT2D eigenvalue weighted by Crippen LogP contribution is 2.29. The monoisotopic (exact) mass is 243 g/mol. The van der Waals surface area contributed by atoms with Gasteiger partial charge < -0.3 is 5.32 Å². The van der Waals surface area contributed by atoms with Crippen LogP contribution >= 0.6 is 0 Å². The smallest absolute Gasteiger partial charge is 0.173 e. The lowest BCUT2D eigenvalue weighted by Gasteiger charge is -2.34. The molecule has 0 saturated heterocycles. The van der Waals surface area contributed by atoms with E-state index in [9.17, 15) is 8.42 Å². The molecule has 4 unspecified atom stereocenters. The summed E-state index contributed by atoms with van der Waals surface area (Å²) < 4.78 is 22.6. The van der Waals surface area contributed by atoms with Gasteiger partial charge in [-0.05, 0) is 24.7 Å². The molecule has 0 aromatic carbocycles. The maximum Gasteiger partial charge on any atom is 0.173 e. The molecule has 16 heavy (non-hydrogen) atoms. The summed E-state index contributed by atoms with van der Waals surface area (Å²) in [5.74, 6) is 1.66. The molecule has 1 saturated carbocycles. The second kappa shape index (κ2) is 4.49. The standard InChI is InChI=1S/C12H21NO2S/c1-9-3-4-10(2)12(7-9)13-11-5-6-16(14,15)8-11/h5-6,9-13H,3-4,7-8H2,1-2H3. The van der Waals surface area contributed by atoms with E-state index in [2.05, 4.69) is 19.2 Å². The zero-order chi connectivity index (χ0) is 11.8. The Labute approximate surface area is 98.2 Å². The molecule has 2 rings (SSSR count). The Morgan fingerprint density at radius 3 is 2.62 bits per heavy atom. The van der Waals surface area contributed by atoms with Crippen LogP contribution in [-0.2, 0) is 9.84 Å². The van der Waals surface area contributed by atoms with Crippen LogP contribution in [0.4, 0.5) is 0 Å². The van der Waals surface area contributed by atoms with Crippen LogP contribution in [0, 0.1) is 11.8 Å². The maximum absolute atomic E-state index is 11.3. The van der Waals surface area contributed by atoms with Crippen molar-refractivity contribution in [3.05, 3.63) is 11.5 Å². The summed E-state index contributed by atoms with van der Waals surface area (Å²) in [6.45, 7) is 4.54. The molecular formula is C12H21NO2S. The third-order valence-corrected chi connectivity index (χ3v) is 5.21. The van der Waals surface area contributed by atoms with Gasteiger partial charge in [0.25, 0.3) is 0 Å². The van der Waals surface area contributed by atoms with E-state index < -0.39 is 9.84 Å². The van der Waals surface area contributed by atoms with E-state index in [0.29, 0.717) is 12.0 Å². The van der Waals surface area contributed by atoms with E-state index in [1.165, 1.54) is 24.7 Å². The first kappa shape index (κ1) is 12.1. The quantitative estimate of drug-likeness (QED) is 0.803. The normalized spacial score (nSPS) is 42.4. The minimum absolute atomic E-state index is 0.0303. The van der Waals surface area contributed by atoms with Gasteiger partial charge in [0.05, 0.1) is 5.75 Å². The van der Waals surface area contributed by atoms with Crippen molar-refractivity contribution in [1.29, 1.82) is 0 Å². The molecule has 1 fully saturated rings. The molecule has 1 heterocycles. The summed E-state index contributed by atoms with van der Waals surface area (Å²) >= 11 is 0. The van der Waals surface area contributed by atoms with Crippen LogP contribution in [0.1, 0.15) is 33.1 Å². The molecule has 0 radical (unpaired) electrons. The van der Waals surface area contributed by atoms with Crippen molar-refractivity contribution in [2.75, 3.05) is 5.75 Å². The molecule has 1 aliphatic carbocycles. The van der Waals surface area contributed by atoms with Crippen LogP contribution in [0.2, 0.25) is 0 Å². The number of nitrogens with one attached hydrogen (secondary N) is 1. The molecule has 0 aromatic heterocycles. The fourth-order valence-corrected chi connectivity index (χ4v) is 3.97.